The summed E-state index contributed by atoms with van der Waals surface area (Å²) in [4.78, 5) is 34.9. The van der Waals surface area contributed by atoms with Crippen LogP contribution in [0.3, 0.4) is 0 Å². The van der Waals surface area contributed by atoms with Crippen molar-refractivity contribution in [1.82, 2.24) is 5.32 Å². The van der Waals surface area contributed by atoms with E-state index in [4.69, 9.17) is 9.52 Å². The number of carbonyl (C=O) groups excluding carboxylic acids is 1. The van der Waals surface area contributed by atoms with E-state index in [1.165, 1.54) is 12.1 Å². The molecule has 0 saturated carbocycles. The second-order valence-corrected chi connectivity index (χ2v) is 5.54. The molecule has 0 saturated heterocycles. The molecule has 7 heteroatoms. The Balaban J connectivity index is 2.18. The molecule has 128 valence electrons. The molecular weight excluding hydrogens is 314 g/mol. The van der Waals surface area contributed by atoms with Gasteiger partial charge >= 0.3 is 11.6 Å². The van der Waals surface area contributed by atoms with Gasteiger partial charge in [-0.05, 0) is 37.5 Å². The number of aliphatic carboxylic acids is 1. The SMILES string of the molecule is CC[C@@H](NC(=O)CCc1c(C)c2ccc(O)cc2oc1=O)C(=O)O. The number of amides is 1. The lowest BCUT2D eigenvalue weighted by Gasteiger charge is -2.12. The number of phenolic OH excluding ortho intramolecular Hbond substituents is 1. The average molecular weight is 333 g/mol. The van der Waals surface area contributed by atoms with Gasteiger partial charge in [-0.1, -0.05) is 6.92 Å². The molecule has 3 N–H and O–H groups in total. The number of carboxylic acid groups (broad SMARTS) is 1. The van der Waals surface area contributed by atoms with E-state index in [2.05, 4.69) is 5.32 Å². The van der Waals surface area contributed by atoms with E-state index in [0.29, 0.717) is 16.5 Å². The number of rotatable bonds is 6. The molecule has 1 atom stereocenters. The van der Waals surface area contributed by atoms with Crippen LogP contribution in [0.5, 0.6) is 5.75 Å². The molecule has 0 aliphatic rings. The number of nitrogens with one attached hydrogen (secondary N) is 1. The number of benzene rings is 1. The van der Waals surface area contributed by atoms with Crippen LogP contribution in [0.1, 0.15) is 30.9 Å². The Labute approximate surface area is 137 Å². The number of aryl methyl sites for hydroxylation is 1. The fourth-order valence-electron chi connectivity index (χ4n) is 2.52. The number of phenols is 1. The molecule has 1 aromatic heterocycles. The maximum atomic E-state index is 12.1. The van der Waals surface area contributed by atoms with Crippen molar-refractivity contribution in [3.8, 4) is 5.75 Å². The first-order valence-corrected chi connectivity index (χ1v) is 7.61. The van der Waals surface area contributed by atoms with Crippen LogP contribution in [0.25, 0.3) is 11.0 Å². The van der Waals surface area contributed by atoms with Crippen LogP contribution in [-0.2, 0) is 16.0 Å². The fraction of sp³-hybridized carbons (Fsp3) is 0.353. The van der Waals surface area contributed by atoms with Crippen LogP contribution in [0.4, 0.5) is 0 Å². The van der Waals surface area contributed by atoms with Gasteiger partial charge in [0.15, 0.2) is 0 Å². The molecule has 1 amide bonds. The number of carboxylic acids is 1. The van der Waals surface area contributed by atoms with Crippen LogP contribution in [-0.4, -0.2) is 28.1 Å². The zero-order valence-corrected chi connectivity index (χ0v) is 13.5. The van der Waals surface area contributed by atoms with E-state index >= 15 is 0 Å². The van der Waals surface area contributed by atoms with E-state index in [0.717, 1.165) is 0 Å². The summed E-state index contributed by atoms with van der Waals surface area (Å²) in [6, 6.07) is 3.56. The Morgan fingerprint density at radius 3 is 2.67 bits per heavy atom. The molecule has 1 heterocycles. The maximum Gasteiger partial charge on any atom is 0.339 e. The molecule has 0 unspecified atom stereocenters. The third-order valence-electron chi connectivity index (χ3n) is 3.91. The standard InChI is InChI=1S/C17H19NO6/c1-3-13(16(21)22)18-15(20)7-6-12-9(2)11-5-4-10(19)8-14(11)24-17(12)23/h4-5,8,13,19H,3,6-7H2,1-2H3,(H,18,20)(H,21,22)/t13-/m1/s1. The second kappa shape index (κ2) is 7.16. The first-order valence-electron chi connectivity index (χ1n) is 7.61. The Bertz CT molecular complexity index is 839. The van der Waals surface area contributed by atoms with Gasteiger partial charge in [0, 0.05) is 23.4 Å². The lowest BCUT2D eigenvalue weighted by molar-refractivity contribution is -0.141. The van der Waals surface area contributed by atoms with Gasteiger partial charge in [0.05, 0.1) is 0 Å². The number of hydrogen-bond donors (Lipinski definition) is 3. The molecule has 0 radical (unpaired) electrons. The van der Waals surface area contributed by atoms with Crippen LogP contribution in [0.15, 0.2) is 27.4 Å². The van der Waals surface area contributed by atoms with Gasteiger partial charge in [-0.3, -0.25) is 4.79 Å². The van der Waals surface area contributed by atoms with Gasteiger partial charge in [-0.2, -0.15) is 0 Å². The average Bonchev–Trinajstić information content (AvgIpc) is 2.51. The molecule has 2 rings (SSSR count). The van der Waals surface area contributed by atoms with Crippen molar-refractivity contribution in [1.29, 1.82) is 0 Å². The van der Waals surface area contributed by atoms with Gasteiger partial charge in [0.2, 0.25) is 5.91 Å². The van der Waals surface area contributed by atoms with Crippen molar-refractivity contribution in [2.24, 2.45) is 0 Å². The summed E-state index contributed by atoms with van der Waals surface area (Å²) >= 11 is 0. The Kier molecular flexibility index (Phi) is 5.23. The molecule has 24 heavy (non-hydrogen) atoms. The zero-order valence-electron chi connectivity index (χ0n) is 13.5. The minimum atomic E-state index is -1.09. The van der Waals surface area contributed by atoms with Gasteiger partial charge in [-0.15, -0.1) is 0 Å². The predicted molar refractivity (Wildman–Crippen MR) is 87.1 cm³/mol. The summed E-state index contributed by atoms with van der Waals surface area (Å²) in [6.07, 6.45) is 0.410. The van der Waals surface area contributed by atoms with Crippen LogP contribution < -0.4 is 10.9 Å². The molecule has 7 nitrogen and oxygen atoms in total. The van der Waals surface area contributed by atoms with E-state index < -0.39 is 23.5 Å². The zero-order chi connectivity index (χ0) is 17.9. The molecule has 0 fully saturated rings. The van der Waals surface area contributed by atoms with Gasteiger partial charge in [0.25, 0.3) is 0 Å². The van der Waals surface area contributed by atoms with Crippen molar-refractivity contribution >= 4 is 22.8 Å². The number of aromatic hydroxyl groups is 1. The topological polar surface area (TPSA) is 117 Å². The molecule has 2 aromatic rings. The van der Waals surface area contributed by atoms with Crippen LogP contribution >= 0.6 is 0 Å². The quantitative estimate of drug-likeness (QED) is 0.693. The highest BCUT2D eigenvalue weighted by Crippen LogP contribution is 2.23. The number of hydrogen-bond acceptors (Lipinski definition) is 5. The first-order chi connectivity index (χ1) is 11.3. The van der Waals surface area contributed by atoms with Crippen LogP contribution in [0, 0.1) is 6.92 Å². The summed E-state index contributed by atoms with van der Waals surface area (Å²) in [7, 11) is 0. The maximum absolute atomic E-state index is 12.1. The van der Waals surface area contributed by atoms with Crippen molar-refractivity contribution in [2.45, 2.75) is 39.2 Å². The van der Waals surface area contributed by atoms with Crippen molar-refractivity contribution < 1.29 is 24.2 Å². The van der Waals surface area contributed by atoms with Crippen LogP contribution in [0.2, 0.25) is 0 Å². The smallest absolute Gasteiger partial charge is 0.339 e. The van der Waals surface area contributed by atoms with Crippen molar-refractivity contribution in [3.05, 3.63) is 39.7 Å². The number of fused-ring (bicyclic) bond motifs is 1. The van der Waals surface area contributed by atoms with E-state index in [-0.39, 0.29) is 30.6 Å². The molecule has 1 aromatic carbocycles. The Morgan fingerprint density at radius 2 is 2.04 bits per heavy atom. The molecule has 0 bridgehead atoms. The van der Waals surface area contributed by atoms with Gasteiger partial charge in [-0.25, -0.2) is 9.59 Å². The van der Waals surface area contributed by atoms with E-state index in [9.17, 15) is 19.5 Å². The summed E-state index contributed by atoms with van der Waals surface area (Å²) in [5.41, 5.74) is 0.761. The summed E-state index contributed by atoms with van der Waals surface area (Å²) < 4.78 is 5.19. The minimum Gasteiger partial charge on any atom is -0.508 e. The lowest BCUT2D eigenvalue weighted by Crippen LogP contribution is -2.40. The highest BCUT2D eigenvalue weighted by Gasteiger charge is 2.18. The second-order valence-electron chi connectivity index (χ2n) is 5.54. The third kappa shape index (κ3) is 3.73. The fourth-order valence-corrected chi connectivity index (χ4v) is 2.52. The molecule has 0 aliphatic heterocycles. The predicted octanol–water partition coefficient (Wildman–Crippen LogP) is 1.72. The van der Waals surface area contributed by atoms with Crippen molar-refractivity contribution in [3.63, 3.8) is 0 Å². The largest absolute Gasteiger partial charge is 0.508 e. The normalized spacial score (nSPS) is 12.1. The summed E-state index contributed by atoms with van der Waals surface area (Å²) in [5, 5.41) is 21.5. The van der Waals surface area contributed by atoms with E-state index in [1.807, 2.05) is 0 Å². The molecular formula is C17H19NO6. The van der Waals surface area contributed by atoms with Crippen molar-refractivity contribution in [2.75, 3.05) is 0 Å². The monoisotopic (exact) mass is 333 g/mol. The third-order valence-corrected chi connectivity index (χ3v) is 3.91. The Morgan fingerprint density at radius 1 is 1.33 bits per heavy atom. The van der Waals surface area contributed by atoms with Gasteiger partial charge < -0.3 is 19.9 Å². The highest BCUT2D eigenvalue weighted by molar-refractivity contribution is 5.84. The van der Waals surface area contributed by atoms with Gasteiger partial charge in [0.1, 0.15) is 17.4 Å². The Hall–Kier alpha value is -2.83. The minimum absolute atomic E-state index is 0.00328. The lowest BCUT2D eigenvalue weighted by atomic mass is 10.0. The number of carbonyl (C=O) groups is 2. The molecule has 0 aliphatic carbocycles. The summed E-state index contributed by atoms with van der Waals surface area (Å²) in [5.74, 6) is -1.53. The first kappa shape index (κ1) is 17.5. The van der Waals surface area contributed by atoms with E-state index in [1.54, 1.807) is 19.9 Å². The summed E-state index contributed by atoms with van der Waals surface area (Å²) in [6.45, 7) is 3.41. The highest BCUT2D eigenvalue weighted by atomic mass is 16.4. The molecule has 0 spiro atoms.